The first-order valence-corrected chi connectivity index (χ1v) is 8.17. The monoisotopic (exact) mass is 366 g/mol. The first-order chi connectivity index (χ1) is 9.42. The molecule has 0 aliphatic carbocycles. The van der Waals surface area contributed by atoms with Crippen LogP contribution in [-0.2, 0) is 14.3 Å². The Labute approximate surface area is 123 Å². The Morgan fingerprint density at radius 2 is 1.95 bits per heavy atom. The Morgan fingerprint density at radius 3 is 2.52 bits per heavy atom. The van der Waals surface area contributed by atoms with Gasteiger partial charge < -0.3 is 9.50 Å². The van der Waals surface area contributed by atoms with E-state index in [1.165, 1.54) is 12.1 Å². The van der Waals surface area contributed by atoms with E-state index in [-0.39, 0.29) is 15.6 Å². The lowest BCUT2D eigenvalue weighted by Crippen LogP contribution is -2.32. The zero-order valence-corrected chi connectivity index (χ0v) is 12.0. The van der Waals surface area contributed by atoms with Crippen LogP contribution in [0, 0.1) is 0 Å². The topological polar surface area (TPSA) is 108 Å². The van der Waals surface area contributed by atoms with Crippen LogP contribution in [0.2, 0.25) is 5.02 Å². The van der Waals surface area contributed by atoms with Crippen LogP contribution in [0.4, 0.5) is 18.9 Å². The van der Waals surface area contributed by atoms with Gasteiger partial charge in [0, 0.05) is 5.02 Å². The van der Waals surface area contributed by atoms with Gasteiger partial charge in [0.15, 0.2) is 0 Å². The molecule has 7 nitrogen and oxygen atoms in total. The summed E-state index contributed by atoms with van der Waals surface area (Å²) in [7, 11) is -9.93. The Hall–Kier alpha value is -1.21. The minimum atomic E-state index is -5.99. The summed E-state index contributed by atoms with van der Waals surface area (Å²) in [5.74, 6) is 0. The fourth-order valence-electron chi connectivity index (χ4n) is 1.32. The minimum Gasteiger partial charge on any atom is -0.337 e. The molecule has 2 rings (SSSR count). The number of hydrogen-bond acceptors (Lipinski definition) is 7. The molecule has 1 aliphatic rings. The molecule has 0 aromatic heterocycles. The Kier molecular flexibility index (Phi) is 3.78. The van der Waals surface area contributed by atoms with Gasteiger partial charge in [-0.25, -0.2) is 0 Å². The molecule has 0 unspecified atom stereocenters. The lowest BCUT2D eigenvalue weighted by atomic mass is 10.3. The second-order valence-electron chi connectivity index (χ2n) is 3.66. The Balaban J connectivity index is 2.39. The van der Waals surface area contributed by atoms with E-state index in [0.717, 1.165) is 6.07 Å². The molecule has 21 heavy (non-hydrogen) atoms. The summed E-state index contributed by atoms with van der Waals surface area (Å²) >= 11 is 5.65. The molecule has 1 aromatic carbocycles. The van der Waals surface area contributed by atoms with Crippen molar-refractivity contribution in [2.24, 2.45) is 4.40 Å². The highest BCUT2D eigenvalue weighted by molar-refractivity contribution is 8.23. The van der Waals surface area contributed by atoms with Crippen molar-refractivity contribution in [3.05, 3.63) is 23.2 Å². The molecule has 0 saturated carbocycles. The summed E-state index contributed by atoms with van der Waals surface area (Å²) in [4.78, 5) is -0.202. The van der Waals surface area contributed by atoms with Gasteiger partial charge in [-0.3, -0.25) is 9.11 Å². The third-order valence-corrected chi connectivity index (χ3v) is 4.69. The molecule has 0 bridgehead atoms. The number of nitrogens with one attached hydrogen (secondary N) is 1. The molecule has 0 radical (unpaired) electrons. The van der Waals surface area contributed by atoms with Crippen molar-refractivity contribution in [3.63, 3.8) is 0 Å². The number of anilines is 1. The fraction of sp³-hybridized carbons (Fsp3) is 0.125. The van der Waals surface area contributed by atoms with Gasteiger partial charge in [-0.15, -0.1) is 0 Å². The molecule has 13 heteroatoms. The molecule has 0 saturated heterocycles. The third-order valence-electron chi connectivity index (χ3n) is 2.16. The molecular formula is C8H6ClF3N2O5S2. The van der Waals surface area contributed by atoms with Crippen molar-refractivity contribution in [2.75, 3.05) is 5.32 Å². The van der Waals surface area contributed by atoms with Crippen molar-refractivity contribution < 1.29 is 34.9 Å². The predicted octanol–water partition coefficient (Wildman–Crippen LogP) is 3.01. The molecule has 1 aromatic rings. The van der Waals surface area contributed by atoms with E-state index >= 15 is 0 Å². The fourth-order valence-corrected chi connectivity index (χ4v) is 3.09. The van der Waals surface area contributed by atoms with Crippen LogP contribution in [0.3, 0.4) is 0 Å². The van der Waals surface area contributed by atoms with Crippen molar-refractivity contribution in [2.45, 2.75) is 10.4 Å². The largest absolute Gasteiger partial charge is 0.534 e. The second-order valence-corrected chi connectivity index (χ2v) is 7.30. The summed E-state index contributed by atoms with van der Waals surface area (Å²) in [6.07, 6.45) is 0. The quantitative estimate of drug-likeness (QED) is 0.521. The van der Waals surface area contributed by atoms with Crippen molar-refractivity contribution >= 4 is 44.2 Å². The normalized spacial score (nSPS) is 19.0. The Morgan fingerprint density at radius 1 is 1.33 bits per heavy atom. The van der Waals surface area contributed by atoms with Gasteiger partial charge >= 0.3 is 21.6 Å². The zero-order valence-electron chi connectivity index (χ0n) is 9.63. The molecule has 0 spiro atoms. The maximum absolute atomic E-state index is 12.2. The van der Waals surface area contributed by atoms with E-state index in [0.29, 0.717) is 0 Å². The number of nitrogens with zero attached hydrogens (tertiary/aromatic N) is 1. The number of amidine groups is 1. The number of halogens is 4. The zero-order chi connectivity index (χ0) is 16.1. The van der Waals surface area contributed by atoms with E-state index in [9.17, 15) is 30.7 Å². The molecule has 0 amide bonds. The van der Waals surface area contributed by atoms with E-state index < -0.39 is 32.4 Å². The molecular weight excluding hydrogens is 361 g/mol. The van der Waals surface area contributed by atoms with Crippen LogP contribution in [0.5, 0.6) is 0 Å². The summed E-state index contributed by atoms with van der Waals surface area (Å²) in [6, 6.07) is 2.41. The van der Waals surface area contributed by atoms with E-state index in [1.807, 2.05) is 0 Å². The summed E-state index contributed by atoms with van der Waals surface area (Å²) in [5, 5.41) is 2.22. The molecule has 1 heterocycles. The molecule has 0 atom stereocenters. The van der Waals surface area contributed by atoms with Crippen LogP contribution < -0.4 is 5.32 Å². The van der Waals surface area contributed by atoms with Crippen molar-refractivity contribution in [1.29, 1.82) is 0 Å². The average Bonchev–Trinajstić information content (AvgIpc) is 2.27. The number of fused-ring (bicyclic) bond motifs is 1. The summed E-state index contributed by atoms with van der Waals surface area (Å²) in [5.41, 5.74) is -5.78. The van der Waals surface area contributed by atoms with Gasteiger partial charge in [-0.2, -0.15) is 21.6 Å². The average molecular weight is 367 g/mol. The number of benzene rings is 1. The molecule has 1 aliphatic heterocycles. The lowest BCUT2D eigenvalue weighted by molar-refractivity contribution is -0.0504. The van der Waals surface area contributed by atoms with Crippen LogP contribution >= 0.6 is 22.4 Å². The maximum Gasteiger partial charge on any atom is 0.534 e. The van der Waals surface area contributed by atoms with E-state index in [4.69, 9.17) is 11.6 Å². The summed E-state index contributed by atoms with van der Waals surface area (Å²) in [6.45, 7) is 0. The van der Waals surface area contributed by atoms with Crippen molar-refractivity contribution in [3.8, 4) is 0 Å². The van der Waals surface area contributed by atoms with Crippen LogP contribution in [0.1, 0.15) is 0 Å². The highest BCUT2D eigenvalue weighted by atomic mass is 35.5. The van der Waals surface area contributed by atoms with Crippen LogP contribution in [0.15, 0.2) is 27.5 Å². The van der Waals surface area contributed by atoms with Crippen LogP contribution in [-0.4, -0.2) is 29.1 Å². The number of hydrogen-bond donors (Lipinski definition) is 3. The van der Waals surface area contributed by atoms with E-state index in [1.54, 1.807) is 0 Å². The van der Waals surface area contributed by atoms with Gasteiger partial charge in [0.1, 0.15) is 4.90 Å². The summed E-state index contributed by atoms with van der Waals surface area (Å²) < 4.78 is 84.5. The molecule has 3 N–H and O–H groups in total. The number of rotatable bonds is 1. The molecule has 118 valence electrons. The van der Waals surface area contributed by atoms with Gasteiger partial charge in [-0.05, 0) is 18.2 Å². The van der Waals surface area contributed by atoms with Crippen molar-refractivity contribution in [1.82, 2.24) is 0 Å². The number of alkyl halides is 3. The van der Waals surface area contributed by atoms with E-state index in [2.05, 4.69) is 13.9 Å². The first kappa shape index (κ1) is 16.2. The smallest absolute Gasteiger partial charge is 0.337 e. The highest BCUT2D eigenvalue weighted by Crippen LogP contribution is 2.55. The van der Waals surface area contributed by atoms with Crippen LogP contribution in [0.25, 0.3) is 0 Å². The molecule has 0 fully saturated rings. The maximum atomic E-state index is 12.2. The highest BCUT2D eigenvalue weighted by Gasteiger charge is 2.50. The second kappa shape index (κ2) is 4.91. The van der Waals surface area contributed by atoms with Gasteiger partial charge in [0.05, 0.1) is 5.69 Å². The van der Waals surface area contributed by atoms with Gasteiger partial charge in [0.25, 0.3) is 0 Å². The Bertz CT molecular complexity index is 719. The first-order valence-electron chi connectivity index (χ1n) is 4.88. The van der Waals surface area contributed by atoms with Gasteiger partial charge in [0.2, 0.25) is 0 Å². The SMILES string of the molecule is O=S(=O)(OC1=NS(O)(O)c2cc(Cl)ccc2N1)C(F)(F)F. The standard InChI is InChI=1S/C8H6ClF3N2O5S2/c9-4-1-2-5-6(3-4)20(15,16)14-7(13-5)19-21(17,18)8(10,11)12/h1-3,15-16H,(H,13,14). The predicted molar refractivity (Wildman–Crippen MR) is 69.7 cm³/mol. The van der Waals surface area contributed by atoms with Gasteiger partial charge in [-0.1, -0.05) is 26.8 Å². The third kappa shape index (κ3) is 3.18. The lowest BCUT2D eigenvalue weighted by Gasteiger charge is -2.33. The minimum absolute atomic E-state index is 0.0956.